The second-order valence-corrected chi connectivity index (χ2v) is 6.25. The van der Waals surface area contributed by atoms with Gasteiger partial charge in [-0.15, -0.1) is 20.9 Å². The van der Waals surface area contributed by atoms with Crippen LogP contribution in [-0.4, -0.2) is 4.98 Å². The fraction of sp³-hybridized carbons (Fsp3) is 0. The lowest BCUT2D eigenvalue weighted by molar-refractivity contribution is -0.509. The summed E-state index contributed by atoms with van der Waals surface area (Å²) in [7, 11) is 0. The zero-order valence-electron chi connectivity index (χ0n) is 13.4. The average molecular weight is 411 g/mol. The fourth-order valence-electron chi connectivity index (χ4n) is 2.49. The van der Waals surface area contributed by atoms with E-state index in [1.54, 1.807) is 11.5 Å². The van der Waals surface area contributed by atoms with Crippen LogP contribution in [0, 0.1) is 0 Å². The van der Waals surface area contributed by atoms with Gasteiger partial charge in [-0.1, -0.05) is 54.6 Å². The summed E-state index contributed by atoms with van der Waals surface area (Å²) in [5, 5.41) is 4.26. The molecule has 0 aliphatic rings. The molecule has 5 heteroatoms. The Labute approximate surface area is 161 Å². The first-order chi connectivity index (χ1) is 11.9. The molecule has 4 aromatic rings. The molecule has 4 rings (SSSR count). The molecular formula is C20H17BrN3S+. The van der Waals surface area contributed by atoms with Crippen LogP contribution < -0.4 is 9.27 Å². The van der Waals surface area contributed by atoms with E-state index in [2.05, 4.69) is 33.5 Å². The molecule has 25 heavy (non-hydrogen) atoms. The van der Waals surface area contributed by atoms with Crippen molar-refractivity contribution < 1.29 is 3.96 Å². The van der Waals surface area contributed by atoms with Gasteiger partial charge in [0.2, 0.25) is 0 Å². The lowest BCUT2D eigenvalue weighted by atomic mass is 10.2. The van der Waals surface area contributed by atoms with Gasteiger partial charge in [-0.25, -0.2) is 0 Å². The van der Waals surface area contributed by atoms with Crippen molar-refractivity contribution in [2.75, 3.05) is 5.32 Å². The third kappa shape index (κ3) is 3.95. The third-order valence-electron chi connectivity index (χ3n) is 3.63. The number of hydrogen-bond donors (Lipinski definition) is 1. The summed E-state index contributed by atoms with van der Waals surface area (Å²) >= 11 is 1.60. The van der Waals surface area contributed by atoms with Crippen LogP contribution in [0.2, 0.25) is 0 Å². The molecule has 1 aromatic heterocycles. The van der Waals surface area contributed by atoms with Gasteiger partial charge in [0.15, 0.2) is 0 Å². The maximum absolute atomic E-state index is 4.82. The van der Waals surface area contributed by atoms with Crippen LogP contribution in [0.5, 0.6) is 0 Å². The summed E-state index contributed by atoms with van der Waals surface area (Å²) in [4.78, 5) is 4.82. The molecule has 0 radical (unpaired) electrons. The van der Waals surface area contributed by atoms with E-state index in [4.69, 9.17) is 4.98 Å². The normalized spacial score (nSPS) is 10.1. The maximum atomic E-state index is 4.82. The van der Waals surface area contributed by atoms with E-state index in [9.17, 15) is 0 Å². The highest BCUT2D eigenvalue weighted by Crippen LogP contribution is 2.24. The van der Waals surface area contributed by atoms with Crippen LogP contribution in [0.3, 0.4) is 0 Å². The molecule has 1 heterocycles. The molecule has 3 aromatic carbocycles. The van der Waals surface area contributed by atoms with E-state index in [1.807, 2.05) is 66.7 Å². The topological polar surface area (TPSA) is 28.8 Å². The molecule has 0 amide bonds. The molecular weight excluding hydrogens is 394 g/mol. The smallest absolute Gasteiger partial charge is 0.308 e. The third-order valence-corrected chi connectivity index (χ3v) is 4.56. The monoisotopic (exact) mass is 410 g/mol. The van der Waals surface area contributed by atoms with Crippen molar-refractivity contribution in [1.82, 2.24) is 4.98 Å². The second-order valence-electron chi connectivity index (χ2n) is 5.32. The largest absolute Gasteiger partial charge is 0.350 e. The number of benzene rings is 3. The Bertz CT molecular complexity index is 868. The Hall–Kier alpha value is -2.50. The molecule has 0 fully saturated rings. The van der Waals surface area contributed by atoms with Crippen LogP contribution in [0.4, 0.5) is 10.8 Å². The van der Waals surface area contributed by atoms with Crippen LogP contribution in [0.1, 0.15) is 0 Å². The van der Waals surface area contributed by atoms with Crippen molar-refractivity contribution >= 4 is 39.3 Å². The number of nitrogens with zero attached hydrogens (tertiary/aromatic N) is 2. The lowest BCUT2D eigenvalue weighted by Gasteiger charge is -1.97. The predicted octanol–water partition coefficient (Wildman–Crippen LogP) is 5.41. The Morgan fingerprint density at radius 3 is 1.92 bits per heavy atom. The Morgan fingerprint density at radius 2 is 1.28 bits per heavy atom. The van der Waals surface area contributed by atoms with E-state index in [-0.39, 0.29) is 17.0 Å². The molecule has 0 aliphatic heterocycles. The zero-order chi connectivity index (χ0) is 16.2. The zero-order valence-corrected chi connectivity index (χ0v) is 15.9. The minimum absolute atomic E-state index is 0. The molecule has 0 saturated carbocycles. The number of aromatic nitrogens is 2. The lowest BCUT2D eigenvalue weighted by Crippen LogP contribution is -2.27. The van der Waals surface area contributed by atoms with Gasteiger partial charge in [0.1, 0.15) is 17.2 Å². The van der Waals surface area contributed by atoms with Crippen LogP contribution in [-0.2, 0) is 0 Å². The molecule has 124 valence electrons. The van der Waals surface area contributed by atoms with Crippen molar-refractivity contribution in [1.29, 1.82) is 0 Å². The molecule has 0 bridgehead atoms. The van der Waals surface area contributed by atoms with Crippen molar-refractivity contribution in [3.63, 3.8) is 0 Å². The number of halogens is 1. The molecule has 0 atom stereocenters. The minimum atomic E-state index is 0. The number of anilines is 2. The highest BCUT2D eigenvalue weighted by atomic mass is 79.9. The number of para-hydroxylation sites is 2. The summed E-state index contributed by atoms with van der Waals surface area (Å²) < 4.78 is 2.15. The Kier molecular flexibility index (Phi) is 5.58. The molecule has 0 aliphatic carbocycles. The second kappa shape index (κ2) is 8.05. The first-order valence-electron chi connectivity index (χ1n) is 7.76. The molecule has 0 unspecified atom stereocenters. The fourth-order valence-corrected chi connectivity index (χ4v) is 3.42. The first-order valence-corrected chi connectivity index (χ1v) is 8.54. The minimum Gasteiger partial charge on any atom is -0.308 e. The molecule has 3 nitrogen and oxygen atoms in total. The van der Waals surface area contributed by atoms with Crippen molar-refractivity contribution in [2.24, 2.45) is 0 Å². The van der Waals surface area contributed by atoms with Gasteiger partial charge in [0.25, 0.3) is 0 Å². The SMILES string of the molecule is Br.c1ccc(Nc2nc(-c3ccccc3)[n+](-c3ccccc3)s2)cc1. The van der Waals surface area contributed by atoms with Crippen LogP contribution in [0.25, 0.3) is 17.1 Å². The van der Waals surface area contributed by atoms with Crippen LogP contribution >= 0.6 is 28.5 Å². The molecule has 0 saturated heterocycles. The van der Waals surface area contributed by atoms with E-state index in [1.165, 1.54) is 0 Å². The van der Waals surface area contributed by atoms with E-state index in [0.717, 1.165) is 27.9 Å². The van der Waals surface area contributed by atoms with Gasteiger partial charge in [-0.05, 0) is 41.4 Å². The number of nitrogens with one attached hydrogen (secondary N) is 1. The quantitative estimate of drug-likeness (QED) is 0.455. The maximum Gasteiger partial charge on any atom is 0.350 e. The van der Waals surface area contributed by atoms with Gasteiger partial charge in [-0.2, -0.15) is 0 Å². The average Bonchev–Trinajstić information content (AvgIpc) is 3.08. The highest BCUT2D eigenvalue weighted by molar-refractivity contribution is 8.93. The predicted molar refractivity (Wildman–Crippen MR) is 109 cm³/mol. The van der Waals surface area contributed by atoms with E-state index < -0.39 is 0 Å². The van der Waals surface area contributed by atoms with Gasteiger partial charge in [0.05, 0.1) is 5.56 Å². The highest BCUT2D eigenvalue weighted by Gasteiger charge is 2.24. The van der Waals surface area contributed by atoms with Gasteiger partial charge < -0.3 is 5.32 Å². The Morgan fingerprint density at radius 1 is 0.720 bits per heavy atom. The summed E-state index contributed by atoms with van der Waals surface area (Å²) in [6, 6.07) is 30.7. The van der Waals surface area contributed by atoms with Gasteiger partial charge in [-0.3, -0.25) is 0 Å². The summed E-state index contributed by atoms with van der Waals surface area (Å²) in [6.07, 6.45) is 0. The van der Waals surface area contributed by atoms with Crippen molar-refractivity contribution in [3.8, 4) is 17.1 Å². The van der Waals surface area contributed by atoms with Crippen LogP contribution in [0.15, 0.2) is 91.0 Å². The van der Waals surface area contributed by atoms with Gasteiger partial charge >= 0.3 is 11.0 Å². The number of rotatable bonds is 4. The number of hydrogen-bond acceptors (Lipinski definition) is 3. The van der Waals surface area contributed by atoms with Gasteiger partial charge in [0, 0.05) is 5.69 Å². The van der Waals surface area contributed by atoms with E-state index >= 15 is 0 Å². The molecule has 1 N–H and O–H groups in total. The first kappa shape index (κ1) is 17.3. The summed E-state index contributed by atoms with van der Waals surface area (Å²) in [5.41, 5.74) is 3.24. The Balaban J connectivity index is 0.00000182. The van der Waals surface area contributed by atoms with Crippen molar-refractivity contribution in [3.05, 3.63) is 91.0 Å². The summed E-state index contributed by atoms with van der Waals surface area (Å²) in [5.74, 6) is 0.935. The molecule has 0 spiro atoms. The summed E-state index contributed by atoms with van der Waals surface area (Å²) in [6.45, 7) is 0. The van der Waals surface area contributed by atoms with E-state index in [0.29, 0.717) is 0 Å². The standard InChI is InChI=1S/C20H15N3S.BrH/c1-4-10-16(11-5-1)19-22-20(21-17-12-6-2-7-13-17)24-23(19)18-14-8-3-9-15-18;/h1-15H;1H/p+1. The van der Waals surface area contributed by atoms with Crippen molar-refractivity contribution in [2.45, 2.75) is 0 Å².